The molecular weight excluding hydrogens is 338 g/mol. The van der Waals surface area contributed by atoms with E-state index in [1.54, 1.807) is 0 Å². The average molecular weight is 358 g/mol. The molecule has 1 unspecified atom stereocenters. The van der Waals surface area contributed by atoms with Gasteiger partial charge in [-0.05, 0) is 51.5 Å². The van der Waals surface area contributed by atoms with E-state index < -0.39 is 11.7 Å². The van der Waals surface area contributed by atoms with Crippen LogP contribution in [0.2, 0.25) is 0 Å². The number of nitrogens with zero attached hydrogens (tertiary/aromatic N) is 1. The van der Waals surface area contributed by atoms with Gasteiger partial charge in [0.1, 0.15) is 24.1 Å². The Balaban J connectivity index is 1.90. The van der Waals surface area contributed by atoms with Crippen molar-refractivity contribution in [1.29, 1.82) is 0 Å². The molecule has 0 aromatic heterocycles. The van der Waals surface area contributed by atoms with Gasteiger partial charge in [-0.25, -0.2) is 4.79 Å². The molecule has 5 nitrogen and oxygen atoms in total. The molecule has 1 aromatic carbocycles. The van der Waals surface area contributed by atoms with Crippen molar-refractivity contribution < 1.29 is 19.1 Å². The molecule has 1 saturated heterocycles. The fourth-order valence-electron chi connectivity index (χ4n) is 1.86. The molecule has 0 spiro atoms. The predicted molar refractivity (Wildman–Crippen MR) is 82.2 cm³/mol. The zero-order valence-electron chi connectivity index (χ0n) is 12.7. The predicted octanol–water partition coefficient (Wildman–Crippen LogP) is 3.69. The van der Waals surface area contributed by atoms with Gasteiger partial charge in [-0.15, -0.1) is 0 Å². The van der Waals surface area contributed by atoms with Crippen molar-refractivity contribution in [3.05, 3.63) is 28.2 Å². The molecule has 1 aliphatic heterocycles. The molecule has 0 saturated carbocycles. The highest BCUT2D eigenvalue weighted by Crippen LogP contribution is 2.24. The minimum absolute atomic E-state index is 0.196. The van der Waals surface area contributed by atoms with Crippen LogP contribution in [0.3, 0.4) is 0 Å². The van der Waals surface area contributed by atoms with Gasteiger partial charge in [-0.1, -0.05) is 15.9 Å². The Morgan fingerprint density at radius 2 is 2.14 bits per heavy atom. The zero-order valence-corrected chi connectivity index (χ0v) is 14.3. The van der Waals surface area contributed by atoms with Crippen molar-refractivity contribution in [1.82, 2.24) is 5.06 Å². The van der Waals surface area contributed by atoms with E-state index in [-0.39, 0.29) is 6.10 Å². The lowest BCUT2D eigenvalue weighted by Crippen LogP contribution is -2.35. The number of hydrogen-bond acceptors (Lipinski definition) is 4. The number of hydrogen-bond donors (Lipinski definition) is 0. The molecule has 21 heavy (non-hydrogen) atoms. The molecule has 1 fully saturated rings. The number of carbonyl (C=O) groups excluding carboxylic acids is 1. The maximum atomic E-state index is 11.9. The van der Waals surface area contributed by atoms with E-state index in [2.05, 4.69) is 15.9 Å². The highest BCUT2D eigenvalue weighted by molar-refractivity contribution is 9.10. The number of hydroxylamine groups is 2. The SMILES string of the molecule is Cc1cc(OC2CON(C(=O)OC(C)(C)C)C2)ccc1Br. The Hall–Kier alpha value is -1.27. The van der Waals surface area contributed by atoms with Crippen molar-refractivity contribution in [2.45, 2.75) is 39.4 Å². The van der Waals surface area contributed by atoms with E-state index in [4.69, 9.17) is 14.3 Å². The van der Waals surface area contributed by atoms with Crippen LogP contribution in [-0.2, 0) is 9.57 Å². The van der Waals surface area contributed by atoms with Gasteiger partial charge < -0.3 is 9.47 Å². The van der Waals surface area contributed by atoms with Gasteiger partial charge in [0.05, 0.1) is 6.54 Å². The summed E-state index contributed by atoms with van der Waals surface area (Å²) in [5.74, 6) is 0.760. The highest BCUT2D eigenvalue weighted by Gasteiger charge is 2.32. The maximum absolute atomic E-state index is 11.9. The first-order valence-electron chi connectivity index (χ1n) is 6.81. The highest BCUT2D eigenvalue weighted by atomic mass is 79.9. The maximum Gasteiger partial charge on any atom is 0.434 e. The molecule has 0 N–H and O–H groups in total. The summed E-state index contributed by atoms with van der Waals surface area (Å²) in [6.45, 7) is 8.13. The summed E-state index contributed by atoms with van der Waals surface area (Å²) < 4.78 is 12.1. The Morgan fingerprint density at radius 3 is 2.76 bits per heavy atom. The minimum Gasteiger partial charge on any atom is -0.486 e. The van der Waals surface area contributed by atoms with E-state index >= 15 is 0 Å². The lowest BCUT2D eigenvalue weighted by molar-refractivity contribution is -0.107. The molecule has 1 amide bonds. The van der Waals surface area contributed by atoms with Crippen LogP contribution in [0.5, 0.6) is 5.75 Å². The van der Waals surface area contributed by atoms with Crippen LogP contribution in [0, 0.1) is 6.92 Å². The van der Waals surface area contributed by atoms with Crippen molar-refractivity contribution in [2.24, 2.45) is 0 Å². The van der Waals surface area contributed by atoms with Crippen LogP contribution in [0.25, 0.3) is 0 Å². The second-order valence-corrected chi connectivity index (χ2v) is 6.84. The zero-order chi connectivity index (χ0) is 15.6. The van der Waals surface area contributed by atoms with Gasteiger partial charge >= 0.3 is 6.09 Å². The monoisotopic (exact) mass is 357 g/mol. The van der Waals surface area contributed by atoms with E-state index in [9.17, 15) is 4.79 Å². The van der Waals surface area contributed by atoms with Crippen LogP contribution in [0.4, 0.5) is 4.79 Å². The first-order valence-corrected chi connectivity index (χ1v) is 7.60. The topological polar surface area (TPSA) is 48.0 Å². The molecule has 116 valence electrons. The van der Waals surface area contributed by atoms with Gasteiger partial charge in [0.25, 0.3) is 0 Å². The quantitative estimate of drug-likeness (QED) is 0.809. The normalized spacial score (nSPS) is 18.7. The third kappa shape index (κ3) is 4.61. The van der Waals surface area contributed by atoms with Crippen LogP contribution >= 0.6 is 15.9 Å². The standard InChI is InChI=1S/C15H20BrNO4/c1-10-7-11(5-6-13(10)16)20-12-8-17(19-9-12)14(18)21-15(2,3)4/h5-7,12H,8-9H2,1-4H3. The summed E-state index contributed by atoms with van der Waals surface area (Å²) in [7, 11) is 0. The summed E-state index contributed by atoms with van der Waals surface area (Å²) in [4.78, 5) is 17.2. The number of benzene rings is 1. The lowest BCUT2D eigenvalue weighted by Gasteiger charge is -2.23. The van der Waals surface area contributed by atoms with E-state index in [1.807, 2.05) is 45.9 Å². The third-order valence-corrected chi connectivity index (χ3v) is 3.70. The summed E-state index contributed by atoms with van der Waals surface area (Å²) in [5, 5.41) is 1.21. The van der Waals surface area contributed by atoms with Gasteiger partial charge in [-0.3, -0.25) is 4.84 Å². The Kier molecular flexibility index (Phi) is 4.78. The summed E-state index contributed by atoms with van der Waals surface area (Å²) >= 11 is 3.45. The van der Waals surface area contributed by atoms with Crippen molar-refractivity contribution in [2.75, 3.05) is 13.2 Å². The van der Waals surface area contributed by atoms with Crippen LogP contribution in [0.1, 0.15) is 26.3 Å². The number of aryl methyl sites for hydroxylation is 1. The van der Waals surface area contributed by atoms with Crippen molar-refractivity contribution >= 4 is 22.0 Å². The van der Waals surface area contributed by atoms with Crippen molar-refractivity contribution in [3.8, 4) is 5.75 Å². The average Bonchev–Trinajstić information content (AvgIpc) is 2.80. The number of ether oxygens (including phenoxy) is 2. The second kappa shape index (κ2) is 6.23. The summed E-state index contributed by atoms with van der Waals surface area (Å²) in [6.07, 6.45) is -0.682. The molecular formula is C15H20BrNO4. The molecule has 1 aliphatic rings. The molecule has 2 rings (SSSR count). The fourth-order valence-corrected chi connectivity index (χ4v) is 2.10. The fraction of sp³-hybridized carbons (Fsp3) is 0.533. The Bertz CT molecular complexity index is 527. The largest absolute Gasteiger partial charge is 0.486 e. The number of rotatable bonds is 2. The van der Waals surface area contributed by atoms with E-state index in [0.717, 1.165) is 15.8 Å². The van der Waals surface area contributed by atoms with Crippen LogP contribution in [-0.4, -0.2) is 36.0 Å². The van der Waals surface area contributed by atoms with Crippen molar-refractivity contribution in [3.63, 3.8) is 0 Å². The third-order valence-electron chi connectivity index (χ3n) is 2.82. The van der Waals surface area contributed by atoms with Crippen LogP contribution < -0.4 is 4.74 Å². The molecule has 0 radical (unpaired) electrons. The van der Waals surface area contributed by atoms with Gasteiger partial charge in [0, 0.05) is 4.47 Å². The number of carbonyl (C=O) groups is 1. The summed E-state index contributed by atoms with van der Waals surface area (Å²) in [6, 6.07) is 5.76. The minimum atomic E-state index is -0.539. The van der Waals surface area contributed by atoms with E-state index in [0.29, 0.717) is 13.2 Å². The van der Waals surface area contributed by atoms with Gasteiger partial charge in [0.15, 0.2) is 0 Å². The number of halogens is 1. The molecule has 1 heterocycles. The van der Waals surface area contributed by atoms with Gasteiger partial charge in [-0.2, -0.15) is 5.06 Å². The Labute approximate surface area is 133 Å². The molecule has 6 heteroatoms. The molecule has 0 bridgehead atoms. The number of amides is 1. The second-order valence-electron chi connectivity index (χ2n) is 5.99. The smallest absolute Gasteiger partial charge is 0.434 e. The Morgan fingerprint density at radius 1 is 1.43 bits per heavy atom. The van der Waals surface area contributed by atoms with Gasteiger partial charge in [0.2, 0.25) is 0 Å². The first-order chi connectivity index (χ1) is 9.74. The lowest BCUT2D eigenvalue weighted by atomic mass is 10.2. The first kappa shape index (κ1) is 16.1. The summed E-state index contributed by atoms with van der Waals surface area (Å²) in [5.41, 5.74) is 0.553. The molecule has 0 aliphatic carbocycles. The molecule has 1 aromatic rings. The van der Waals surface area contributed by atoms with Crippen LogP contribution in [0.15, 0.2) is 22.7 Å². The molecule has 1 atom stereocenters. The van der Waals surface area contributed by atoms with E-state index in [1.165, 1.54) is 5.06 Å².